The van der Waals surface area contributed by atoms with Crippen molar-refractivity contribution in [2.24, 2.45) is 5.73 Å². The van der Waals surface area contributed by atoms with Gasteiger partial charge in [-0.1, -0.05) is 29.8 Å². The number of hydrogen-bond acceptors (Lipinski definition) is 2. The van der Waals surface area contributed by atoms with E-state index >= 15 is 0 Å². The molecule has 2 N–H and O–H groups in total. The summed E-state index contributed by atoms with van der Waals surface area (Å²) in [6.07, 6.45) is 0. The van der Waals surface area contributed by atoms with Crippen molar-refractivity contribution in [3.63, 3.8) is 0 Å². The smallest absolute Gasteiger partial charge is 0.142 e. The number of nitrogens with two attached hydrogens (primary N) is 1. The van der Waals surface area contributed by atoms with Gasteiger partial charge in [-0.05, 0) is 39.7 Å². The Bertz CT molecular complexity index is 606. The van der Waals surface area contributed by atoms with Gasteiger partial charge in [0.05, 0.1) is 22.6 Å². The van der Waals surface area contributed by atoms with E-state index in [1.807, 2.05) is 0 Å². The number of halogens is 3. The second kappa shape index (κ2) is 5.90. The highest BCUT2D eigenvalue weighted by atomic mass is 79.9. The van der Waals surface area contributed by atoms with Crippen molar-refractivity contribution in [3.8, 4) is 5.75 Å². The number of rotatable bonds is 3. The highest BCUT2D eigenvalue weighted by Gasteiger charge is 2.16. The lowest BCUT2D eigenvalue weighted by Gasteiger charge is -2.15. The summed E-state index contributed by atoms with van der Waals surface area (Å²) in [4.78, 5) is 0. The van der Waals surface area contributed by atoms with Crippen LogP contribution in [0.5, 0.6) is 5.75 Å². The van der Waals surface area contributed by atoms with Gasteiger partial charge in [0, 0.05) is 5.56 Å². The lowest BCUT2D eigenvalue weighted by molar-refractivity contribution is 0.414. The predicted molar refractivity (Wildman–Crippen MR) is 78.1 cm³/mol. The van der Waals surface area contributed by atoms with Gasteiger partial charge in [-0.15, -0.1) is 0 Å². The largest absolute Gasteiger partial charge is 0.495 e. The molecule has 0 radical (unpaired) electrons. The second-order valence-corrected chi connectivity index (χ2v) is 5.28. The molecular formula is C14H12BrClFNO. The quantitative estimate of drug-likeness (QED) is 0.901. The molecule has 2 aromatic rings. The minimum absolute atomic E-state index is 0.357. The fourth-order valence-electron chi connectivity index (χ4n) is 1.81. The minimum Gasteiger partial charge on any atom is -0.495 e. The molecule has 0 fully saturated rings. The van der Waals surface area contributed by atoms with Crippen LogP contribution in [-0.4, -0.2) is 7.11 Å². The molecule has 19 heavy (non-hydrogen) atoms. The van der Waals surface area contributed by atoms with Gasteiger partial charge >= 0.3 is 0 Å². The number of ether oxygens (including phenoxy) is 1. The summed E-state index contributed by atoms with van der Waals surface area (Å²) in [5.74, 6) is 0.161. The molecule has 2 nitrogen and oxygen atoms in total. The summed E-state index contributed by atoms with van der Waals surface area (Å²) in [7, 11) is 1.52. The highest BCUT2D eigenvalue weighted by Crippen LogP contribution is 2.31. The van der Waals surface area contributed by atoms with E-state index in [9.17, 15) is 4.39 Å². The lowest BCUT2D eigenvalue weighted by Crippen LogP contribution is -2.14. The zero-order chi connectivity index (χ0) is 14.0. The van der Waals surface area contributed by atoms with Gasteiger partial charge in [-0.25, -0.2) is 4.39 Å². The molecule has 0 saturated heterocycles. The van der Waals surface area contributed by atoms with Crippen LogP contribution in [0.3, 0.4) is 0 Å². The molecule has 0 bridgehead atoms. The Morgan fingerprint density at radius 1 is 1.32 bits per heavy atom. The van der Waals surface area contributed by atoms with Crippen molar-refractivity contribution in [3.05, 3.63) is 62.8 Å². The molecule has 1 unspecified atom stereocenters. The first-order chi connectivity index (χ1) is 9.04. The molecular weight excluding hydrogens is 333 g/mol. The van der Waals surface area contributed by atoms with Gasteiger partial charge in [-0.3, -0.25) is 0 Å². The summed E-state index contributed by atoms with van der Waals surface area (Å²) in [6, 6.07) is 9.62. The van der Waals surface area contributed by atoms with E-state index in [0.29, 0.717) is 20.8 Å². The third-order valence-electron chi connectivity index (χ3n) is 2.85. The van der Waals surface area contributed by atoms with Gasteiger partial charge in [0.1, 0.15) is 11.6 Å². The molecule has 5 heteroatoms. The molecule has 0 heterocycles. The Balaban J connectivity index is 2.44. The van der Waals surface area contributed by atoms with Gasteiger partial charge < -0.3 is 10.5 Å². The van der Waals surface area contributed by atoms with Crippen LogP contribution >= 0.6 is 27.5 Å². The Labute approximate surface area is 124 Å². The molecule has 0 aromatic heterocycles. The topological polar surface area (TPSA) is 35.2 Å². The Kier molecular flexibility index (Phi) is 4.45. The third-order valence-corrected chi connectivity index (χ3v) is 3.78. The van der Waals surface area contributed by atoms with Crippen LogP contribution < -0.4 is 10.5 Å². The minimum atomic E-state index is -0.580. The number of methoxy groups -OCH3 is 1. The molecule has 0 aliphatic carbocycles. The van der Waals surface area contributed by atoms with E-state index < -0.39 is 6.04 Å². The molecule has 0 aliphatic heterocycles. The van der Waals surface area contributed by atoms with E-state index in [2.05, 4.69) is 15.9 Å². The molecule has 0 aliphatic rings. The predicted octanol–water partition coefficient (Wildman–Crippen LogP) is 4.30. The molecule has 2 rings (SSSR count). The van der Waals surface area contributed by atoms with Gasteiger partial charge in [0.15, 0.2) is 0 Å². The summed E-state index contributed by atoms with van der Waals surface area (Å²) < 4.78 is 19.5. The molecule has 1 atom stereocenters. The third kappa shape index (κ3) is 2.91. The van der Waals surface area contributed by atoms with E-state index in [1.165, 1.54) is 7.11 Å². The van der Waals surface area contributed by atoms with Crippen molar-refractivity contribution in [2.75, 3.05) is 7.11 Å². The second-order valence-electron chi connectivity index (χ2n) is 4.01. The number of hydrogen-bond donors (Lipinski definition) is 1. The van der Waals surface area contributed by atoms with Crippen LogP contribution in [-0.2, 0) is 0 Å². The zero-order valence-electron chi connectivity index (χ0n) is 10.2. The average Bonchev–Trinajstić information content (AvgIpc) is 2.41. The fraction of sp³-hybridized carbons (Fsp3) is 0.143. The zero-order valence-corrected chi connectivity index (χ0v) is 12.5. The first-order valence-electron chi connectivity index (χ1n) is 5.57. The first kappa shape index (κ1) is 14.3. The lowest BCUT2D eigenvalue weighted by atomic mass is 9.99. The van der Waals surface area contributed by atoms with E-state index in [-0.39, 0.29) is 5.82 Å². The maximum absolute atomic E-state index is 14.0. The first-order valence-corrected chi connectivity index (χ1v) is 6.74. The average molecular weight is 345 g/mol. The summed E-state index contributed by atoms with van der Waals surface area (Å²) in [5.41, 5.74) is 7.25. The molecule has 2 aromatic carbocycles. The molecule has 0 amide bonds. The van der Waals surface area contributed by atoms with Gasteiger partial charge in [0.25, 0.3) is 0 Å². The Morgan fingerprint density at radius 3 is 2.74 bits per heavy atom. The molecule has 0 spiro atoms. The standard InChI is InChI=1S/C14H12BrClFNO/c1-19-12-7-8(5-6-11(12)16)14(18)9-3-2-4-10(15)13(9)17/h2-7,14H,18H2,1H3. The van der Waals surface area contributed by atoms with Crippen molar-refractivity contribution in [2.45, 2.75) is 6.04 Å². The van der Waals surface area contributed by atoms with Crippen LogP contribution in [0.1, 0.15) is 17.2 Å². The SMILES string of the molecule is COc1cc(C(N)c2cccc(Br)c2F)ccc1Cl. The Morgan fingerprint density at radius 2 is 2.05 bits per heavy atom. The van der Waals surface area contributed by atoms with Gasteiger partial charge in [0.2, 0.25) is 0 Å². The number of benzene rings is 2. The van der Waals surface area contributed by atoms with Crippen LogP contribution in [0.4, 0.5) is 4.39 Å². The van der Waals surface area contributed by atoms with Crippen LogP contribution in [0, 0.1) is 5.82 Å². The highest BCUT2D eigenvalue weighted by molar-refractivity contribution is 9.10. The molecule has 0 saturated carbocycles. The normalized spacial score (nSPS) is 12.3. The van der Waals surface area contributed by atoms with Gasteiger partial charge in [-0.2, -0.15) is 0 Å². The van der Waals surface area contributed by atoms with Crippen LogP contribution in [0.25, 0.3) is 0 Å². The fourth-order valence-corrected chi connectivity index (χ4v) is 2.39. The van der Waals surface area contributed by atoms with Crippen molar-refractivity contribution in [1.29, 1.82) is 0 Å². The summed E-state index contributed by atoms with van der Waals surface area (Å²) in [6.45, 7) is 0. The molecule has 100 valence electrons. The summed E-state index contributed by atoms with van der Waals surface area (Å²) >= 11 is 9.11. The maximum atomic E-state index is 14.0. The van der Waals surface area contributed by atoms with E-state index in [1.54, 1.807) is 36.4 Å². The van der Waals surface area contributed by atoms with Crippen LogP contribution in [0.15, 0.2) is 40.9 Å². The van der Waals surface area contributed by atoms with Crippen molar-refractivity contribution in [1.82, 2.24) is 0 Å². The van der Waals surface area contributed by atoms with E-state index in [0.717, 1.165) is 5.56 Å². The van der Waals surface area contributed by atoms with E-state index in [4.69, 9.17) is 22.1 Å². The van der Waals surface area contributed by atoms with Crippen molar-refractivity contribution < 1.29 is 9.13 Å². The van der Waals surface area contributed by atoms with Crippen LogP contribution in [0.2, 0.25) is 5.02 Å². The van der Waals surface area contributed by atoms with Crippen molar-refractivity contribution >= 4 is 27.5 Å². The monoisotopic (exact) mass is 343 g/mol. The maximum Gasteiger partial charge on any atom is 0.142 e. The summed E-state index contributed by atoms with van der Waals surface area (Å²) in [5, 5.41) is 0.494. The Hall–Kier alpha value is -1.10.